The molecule has 0 saturated heterocycles. The molecule has 3 aromatic rings. The Kier molecular flexibility index (Phi) is 4.88. The second-order valence-electron chi connectivity index (χ2n) is 7.05. The SMILES string of the molecule is O=S(=O)(N[C@H]1CCC[C@@H]1O)c1ccc(-c2ccnc3[nH]c(C(F)(F)F)cc23)cc1. The Bertz CT molecular complexity index is 1140. The molecule has 1 fully saturated rings. The minimum absolute atomic E-state index is 0.0238. The summed E-state index contributed by atoms with van der Waals surface area (Å²) in [6.45, 7) is 0. The van der Waals surface area contributed by atoms with Crippen molar-refractivity contribution in [3.8, 4) is 11.1 Å². The van der Waals surface area contributed by atoms with E-state index in [0.29, 0.717) is 29.4 Å². The van der Waals surface area contributed by atoms with E-state index in [2.05, 4.69) is 14.7 Å². The van der Waals surface area contributed by atoms with Crippen LogP contribution in [0.25, 0.3) is 22.2 Å². The highest BCUT2D eigenvalue weighted by atomic mass is 32.2. The van der Waals surface area contributed by atoms with Crippen molar-refractivity contribution in [3.05, 3.63) is 48.3 Å². The van der Waals surface area contributed by atoms with Gasteiger partial charge in [0.25, 0.3) is 0 Å². The van der Waals surface area contributed by atoms with Crippen LogP contribution in [-0.2, 0) is 16.2 Å². The smallest absolute Gasteiger partial charge is 0.391 e. The lowest BCUT2D eigenvalue weighted by Crippen LogP contribution is -2.39. The lowest BCUT2D eigenvalue weighted by atomic mass is 10.0. The Balaban J connectivity index is 1.65. The Labute approximate surface area is 164 Å². The van der Waals surface area contributed by atoms with Crippen LogP contribution in [0.1, 0.15) is 25.0 Å². The van der Waals surface area contributed by atoms with Crippen LogP contribution >= 0.6 is 0 Å². The maximum absolute atomic E-state index is 13.0. The number of benzene rings is 1. The van der Waals surface area contributed by atoms with E-state index in [0.717, 1.165) is 12.5 Å². The molecule has 2 heterocycles. The number of aromatic nitrogens is 2. The Morgan fingerprint density at radius 2 is 1.86 bits per heavy atom. The molecule has 154 valence electrons. The van der Waals surface area contributed by atoms with E-state index in [1.54, 1.807) is 6.07 Å². The summed E-state index contributed by atoms with van der Waals surface area (Å²) in [5.74, 6) is 0. The molecule has 0 amide bonds. The molecular weight excluding hydrogens is 407 g/mol. The number of sulfonamides is 1. The predicted octanol–water partition coefficient (Wildman–Crippen LogP) is 3.44. The molecule has 3 N–H and O–H groups in total. The number of aliphatic hydroxyl groups excluding tert-OH is 1. The van der Waals surface area contributed by atoms with Gasteiger partial charge in [-0.2, -0.15) is 13.2 Å². The number of nitrogens with zero attached hydrogens (tertiary/aromatic N) is 1. The Morgan fingerprint density at radius 3 is 2.48 bits per heavy atom. The van der Waals surface area contributed by atoms with E-state index in [9.17, 15) is 26.7 Å². The van der Waals surface area contributed by atoms with Gasteiger partial charge < -0.3 is 10.1 Å². The molecule has 29 heavy (non-hydrogen) atoms. The molecule has 4 rings (SSSR count). The monoisotopic (exact) mass is 425 g/mol. The highest BCUT2D eigenvalue weighted by Gasteiger charge is 2.33. The summed E-state index contributed by atoms with van der Waals surface area (Å²) in [5.41, 5.74) is 0.268. The number of aromatic amines is 1. The molecule has 1 aliphatic rings. The lowest BCUT2D eigenvalue weighted by Gasteiger charge is -2.16. The predicted molar refractivity (Wildman–Crippen MR) is 100 cm³/mol. The first-order chi connectivity index (χ1) is 13.6. The van der Waals surface area contributed by atoms with E-state index < -0.39 is 34.0 Å². The Hall–Kier alpha value is -2.43. The van der Waals surface area contributed by atoms with E-state index in [-0.39, 0.29) is 10.5 Å². The van der Waals surface area contributed by atoms with Crippen molar-refractivity contribution in [2.24, 2.45) is 0 Å². The summed E-state index contributed by atoms with van der Waals surface area (Å²) in [5, 5.41) is 10.1. The molecular formula is C19H18F3N3O3S. The van der Waals surface area contributed by atoms with Crippen LogP contribution in [0.3, 0.4) is 0 Å². The van der Waals surface area contributed by atoms with Crippen molar-refractivity contribution in [1.82, 2.24) is 14.7 Å². The van der Waals surface area contributed by atoms with Gasteiger partial charge in [0.1, 0.15) is 11.3 Å². The van der Waals surface area contributed by atoms with Crippen molar-refractivity contribution >= 4 is 21.1 Å². The quantitative estimate of drug-likeness (QED) is 0.597. The first-order valence-corrected chi connectivity index (χ1v) is 10.5. The number of fused-ring (bicyclic) bond motifs is 1. The second kappa shape index (κ2) is 7.12. The van der Waals surface area contributed by atoms with Gasteiger partial charge in [0.2, 0.25) is 10.0 Å². The van der Waals surface area contributed by atoms with Crippen molar-refractivity contribution in [1.29, 1.82) is 0 Å². The van der Waals surface area contributed by atoms with Gasteiger partial charge in [-0.05, 0) is 54.7 Å². The summed E-state index contributed by atoms with van der Waals surface area (Å²) in [6, 6.07) is 7.91. The molecule has 1 aliphatic carbocycles. The molecule has 0 spiro atoms. The third-order valence-electron chi connectivity index (χ3n) is 5.10. The third-order valence-corrected chi connectivity index (χ3v) is 6.60. The normalized spacial score (nSPS) is 20.4. The van der Waals surface area contributed by atoms with Gasteiger partial charge in [-0.1, -0.05) is 12.1 Å². The number of aliphatic hydroxyl groups is 1. The first kappa shape index (κ1) is 19.9. The molecule has 6 nitrogen and oxygen atoms in total. The number of hydrogen-bond donors (Lipinski definition) is 3. The molecule has 10 heteroatoms. The van der Waals surface area contributed by atoms with E-state index in [1.807, 2.05) is 0 Å². The molecule has 0 bridgehead atoms. The van der Waals surface area contributed by atoms with Gasteiger partial charge >= 0.3 is 6.18 Å². The van der Waals surface area contributed by atoms with Crippen molar-refractivity contribution in [2.45, 2.75) is 42.5 Å². The van der Waals surface area contributed by atoms with Gasteiger partial charge in [-0.3, -0.25) is 0 Å². The molecule has 2 aromatic heterocycles. The maximum Gasteiger partial charge on any atom is 0.431 e. The van der Waals surface area contributed by atoms with Crippen molar-refractivity contribution in [3.63, 3.8) is 0 Å². The minimum atomic E-state index is -4.52. The molecule has 0 aliphatic heterocycles. The van der Waals surface area contributed by atoms with Gasteiger partial charge in [-0.25, -0.2) is 18.1 Å². The fourth-order valence-corrected chi connectivity index (χ4v) is 4.89. The summed E-state index contributed by atoms with van der Waals surface area (Å²) >= 11 is 0. The van der Waals surface area contributed by atoms with Crippen LogP contribution < -0.4 is 4.72 Å². The van der Waals surface area contributed by atoms with Crippen LogP contribution in [-0.4, -0.2) is 35.6 Å². The van der Waals surface area contributed by atoms with Gasteiger partial charge in [-0.15, -0.1) is 0 Å². The number of halogens is 3. The van der Waals surface area contributed by atoms with Gasteiger partial charge in [0.15, 0.2) is 0 Å². The number of rotatable bonds is 4. The summed E-state index contributed by atoms with van der Waals surface area (Å²) in [6.07, 6.45) is -1.95. The number of alkyl halides is 3. The number of hydrogen-bond acceptors (Lipinski definition) is 4. The molecule has 0 radical (unpaired) electrons. The van der Waals surface area contributed by atoms with E-state index >= 15 is 0 Å². The zero-order valence-corrected chi connectivity index (χ0v) is 15.9. The standard InChI is InChI=1S/C19H18F3N3O3S/c20-19(21,22)17-10-14-13(8-9-23-18(14)24-17)11-4-6-12(7-5-11)29(27,28)25-15-2-1-3-16(15)26/h4-10,15-16,25-26H,1-3H2,(H,23,24)/t15-,16-/m0/s1. The van der Waals surface area contributed by atoms with Gasteiger partial charge in [0.05, 0.1) is 11.0 Å². The molecule has 0 unspecified atom stereocenters. The van der Waals surface area contributed by atoms with Crippen molar-refractivity contribution in [2.75, 3.05) is 0 Å². The number of pyridine rings is 1. The summed E-state index contributed by atoms with van der Waals surface area (Å²) < 4.78 is 66.6. The van der Waals surface area contributed by atoms with Crippen molar-refractivity contribution < 1.29 is 26.7 Å². The fraction of sp³-hybridized carbons (Fsp3) is 0.316. The highest BCUT2D eigenvalue weighted by molar-refractivity contribution is 7.89. The first-order valence-electron chi connectivity index (χ1n) is 9.01. The lowest BCUT2D eigenvalue weighted by molar-refractivity contribution is -0.140. The van der Waals surface area contributed by atoms with E-state index in [4.69, 9.17) is 0 Å². The number of nitrogens with one attached hydrogen (secondary N) is 2. The number of H-pyrrole nitrogens is 1. The fourth-order valence-electron chi connectivity index (χ4n) is 3.59. The summed E-state index contributed by atoms with van der Waals surface area (Å²) in [4.78, 5) is 6.22. The van der Waals surface area contributed by atoms with Gasteiger partial charge in [0, 0.05) is 17.6 Å². The average molecular weight is 425 g/mol. The topological polar surface area (TPSA) is 95.1 Å². The molecule has 2 atom stereocenters. The second-order valence-corrected chi connectivity index (χ2v) is 8.77. The zero-order chi connectivity index (χ0) is 20.8. The Morgan fingerprint density at radius 1 is 1.14 bits per heavy atom. The van der Waals surface area contributed by atoms with Crippen LogP contribution in [0.15, 0.2) is 47.5 Å². The molecule has 1 aromatic carbocycles. The van der Waals surface area contributed by atoms with Crippen LogP contribution in [0.4, 0.5) is 13.2 Å². The maximum atomic E-state index is 13.0. The third kappa shape index (κ3) is 3.87. The van der Waals surface area contributed by atoms with Crippen LogP contribution in [0.2, 0.25) is 0 Å². The van der Waals surface area contributed by atoms with E-state index in [1.165, 1.54) is 30.5 Å². The average Bonchev–Trinajstić information content (AvgIpc) is 3.27. The van der Waals surface area contributed by atoms with Crippen LogP contribution in [0, 0.1) is 0 Å². The largest absolute Gasteiger partial charge is 0.431 e. The zero-order valence-electron chi connectivity index (χ0n) is 15.1. The highest BCUT2D eigenvalue weighted by Crippen LogP contribution is 2.34. The summed E-state index contributed by atoms with van der Waals surface area (Å²) in [7, 11) is -3.81. The molecule has 1 saturated carbocycles. The van der Waals surface area contributed by atoms with Crippen LogP contribution in [0.5, 0.6) is 0 Å². The minimum Gasteiger partial charge on any atom is -0.391 e.